The number of hydrogen-bond acceptors (Lipinski definition) is 9. The van der Waals surface area contributed by atoms with E-state index < -0.39 is 5.82 Å². The number of nitrogens with zero attached hydrogens (tertiary/aromatic N) is 5. The van der Waals surface area contributed by atoms with Crippen molar-refractivity contribution in [2.45, 2.75) is 38.3 Å². The van der Waals surface area contributed by atoms with Crippen molar-refractivity contribution in [2.75, 3.05) is 30.4 Å². The molecule has 0 spiro atoms. The van der Waals surface area contributed by atoms with Crippen molar-refractivity contribution < 1.29 is 18.6 Å². The van der Waals surface area contributed by atoms with Gasteiger partial charge in [-0.3, -0.25) is 0 Å². The van der Waals surface area contributed by atoms with Crippen LogP contribution < -0.4 is 20.1 Å². The summed E-state index contributed by atoms with van der Waals surface area (Å²) in [6.45, 7) is 4.31. The first-order chi connectivity index (χ1) is 19.0. The van der Waals surface area contributed by atoms with Gasteiger partial charge in [0.05, 0.1) is 0 Å². The molecule has 2 N–H and O–H groups in total. The first-order valence-electron chi connectivity index (χ1n) is 13.0. The van der Waals surface area contributed by atoms with Crippen LogP contribution in [0.15, 0.2) is 61.2 Å². The molecule has 1 unspecified atom stereocenters. The fourth-order valence-corrected chi connectivity index (χ4v) is 5.17. The number of fused-ring (bicyclic) bond motifs is 1. The SMILES string of the molecule is Cc1ncc(COc2cc(F)cc(Oc3ccc(C4CN(C5CCOCC5)c5ncnc(N)c54)cc3)c2)cn1. The van der Waals surface area contributed by atoms with E-state index in [4.69, 9.17) is 19.9 Å². The van der Waals surface area contributed by atoms with E-state index >= 15 is 0 Å². The molecule has 1 saturated heterocycles. The average Bonchev–Trinajstić information content (AvgIpc) is 3.34. The van der Waals surface area contributed by atoms with Gasteiger partial charge in [0.2, 0.25) is 0 Å². The molecule has 6 rings (SSSR count). The molecule has 200 valence electrons. The van der Waals surface area contributed by atoms with Crippen LogP contribution in [-0.2, 0) is 11.3 Å². The number of aryl methyl sites for hydroxylation is 1. The smallest absolute Gasteiger partial charge is 0.138 e. The van der Waals surface area contributed by atoms with E-state index in [2.05, 4.69) is 24.8 Å². The van der Waals surface area contributed by atoms with Gasteiger partial charge in [0.1, 0.15) is 53.5 Å². The second-order valence-electron chi connectivity index (χ2n) is 9.77. The van der Waals surface area contributed by atoms with Crippen LogP contribution in [0.3, 0.4) is 0 Å². The first kappa shape index (κ1) is 25.0. The van der Waals surface area contributed by atoms with Gasteiger partial charge in [0.25, 0.3) is 0 Å². The molecule has 0 aliphatic carbocycles. The molecule has 1 atom stereocenters. The molecular weight excluding hydrogens is 499 g/mol. The summed E-state index contributed by atoms with van der Waals surface area (Å²) in [5.41, 5.74) is 9.18. The fourth-order valence-electron chi connectivity index (χ4n) is 5.17. The zero-order chi connectivity index (χ0) is 26.8. The number of anilines is 2. The van der Waals surface area contributed by atoms with Crippen LogP contribution in [0.4, 0.5) is 16.0 Å². The molecule has 2 aromatic heterocycles. The van der Waals surface area contributed by atoms with Gasteiger partial charge in [0.15, 0.2) is 0 Å². The summed E-state index contributed by atoms with van der Waals surface area (Å²) < 4.78 is 31.6. The summed E-state index contributed by atoms with van der Waals surface area (Å²) in [6.07, 6.45) is 6.82. The molecule has 0 radical (unpaired) electrons. The minimum absolute atomic E-state index is 0.0398. The van der Waals surface area contributed by atoms with E-state index in [9.17, 15) is 4.39 Å². The predicted octanol–water partition coefficient (Wildman–Crippen LogP) is 4.80. The standard InChI is InChI=1S/C29H29FN6O3/c1-18-32-13-19(14-33-18)16-38-24-10-21(30)11-25(12-24)39-23-4-2-20(3-5-23)26-15-36(22-6-8-37-9-7-22)29-27(26)28(31)34-17-35-29/h2-5,10-14,17,22,26H,6-9,15-16H2,1H3,(H2,31,34,35). The predicted molar refractivity (Wildman–Crippen MR) is 143 cm³/mol. The Morgan fingerprint density at radius 1 is 0.974 bits per heavy atom. The largest absolute Gasteiger partial charge is 0.489 e. The van der Waals surface area contributed by atoms with Gasteiger partial charge in [-0.1, -0.05) is 12.1 Å². The number of nitrogen functional groups attached to an aromatic ring is 1. The second kappa shape index (κ2) is 10.8. The maximum absolute atomic E-state index is 14.3. The van der Waals surface area contributed by atoms with E-state index in [1.165, 1.54) is 18.5 Å². The maximum Gasteiger partial charge on any atom is 0.138 e. The number of benzene rings is 2. The Hall–Kier alpha value is -4.31. The van der Waals surface area contributed by atoms with Gasteiger partial charge < -0.3 is 24.8 Å². The molecule has 2 aromatic carbocycles. The number of hydrogen-bond donors (Lipinski definition) is 1. The van der Waals surface area contributed by atoms with Gasteiger partial charge in [-0.15, -0.1) is 0 Å². The average molecular weight is 529 g/mol. The molecule has 2 aliphatic heterocycles. The molecule has 2 aliphatic rings. The Balaban J connectivity index is 1.17. The minimum Gasteiger partial charge on any atom is -0.489 e. The third kappa shape index (κ3) is 5.46. The van der Waals surface area contributed by atoms with Gasteiger partial charge in [-0.25, -0.2) is 24.3 Å². The number of halogens is 1. The molecule has 4 aromatic rings. The third-order valence-corrected chi connectivity index (χ3v) is 7.13. The molecule has 0 amide bonds. The molecule has 9 nitrogen and oxygen atoms in total. The summed E-state index contributed by atoms with van der Waals surface area (Å²) in [5.74, 6) is 2.95. The molecule has 0 saturated carbocycles. The molecule has 1 fully saturated rings. The fraction of sp³-hybridized carbons (Fsp3) is 0.310. The Morgan fingerprint density at radius 2 is 1.72 bits per heavy atom. The van der Waals surface area contributed by atoms with E-state index in [1.54, 1.807) is 18.5 Å². The Labute approximate surface area is 225 Å². The number of ether oxygens (including phenoxy) is 3. The zero-order valence-corrected chi connectivity index (χ0v) is 21.6. The van der Waals surface area contributed by atoms with Crippen LogP contribution in [0, 0.1) is 12.7 Å². The van der Waals surface area contributed by atoms with Crippen LogP contribution in [0.1, 0.15) is 41.3 Å². The highest BCUT2D eigenvalue weighted by Crippen LogP contribution is 2.43. The monoisotopic (exact) mass is 528 g/mol. The van der Waals surface area contributed by atoms with Crippen LogP contribution in [0.25, 0.3) is 0 Å². The van der Waals surface area contributed by atoms with Gasteiger partial charge in [0, 0.05) is 73.4 Å². The molecule has 0 bridgehead atoms. The highest BCUT2D eigenvalue weighted by molar-refractivity contribution is 5.66. The lowest BCUT2D eigenvalue weighted by atomic mass is 9.94. The number of aromatic nitrogens is 4. The molecule has 10 heteroatoms. The van der Waals surface area contributed by atoms with Crippen molar-refractivity contribution in [3.8, 4) is 17.2 Å². The molecule has 39 heavy (non-hydrogen) atoms. The summed E-state index contributed by atoms with van der Waals surface area (Å²) in [5, 5.41) is 0. The normalized spacial score (nSPS) is 17.2. The van der Waals surface area contributed by atoms with Crippen molar-refractivity contribution in [2.24, 2.45) is 0 Å². The quantitative estimate of drug-likeness (QED) is 0.362. The summed E-state index contributed by atoms with van der Waals surface area (Å²) in [4.78, 5) is 19.5. The van der Waals surface area contributed by atoms with E-state index in [-0.39, 0.29) is 12.5 Å². The van der Waals surface area contributed by atoms with Crippen molar-refractivity contribution >= 4 is 11.6 Å². The zero-order valence-electron chi connectivity index (χ0n) is 21.6. The van der Waals surface area contributed by atoms with Crippen LogP contribution in [0.5, 0.6) is 17.2 Å². The van der Waals surface area contributed by atoms with Crippen LogP contribution in [-0.4, -0.2) is 45.7 Å². The topological polar surface area (TPSA) is 109 Å². The molecule has 4 heterocycles. The first-order valence-corrected chi connectivity index (χ1v) is 13.0. The Morgan fingerprint density at radius 3 is 2.49 bits per heavy atom. The van der Waals surface area contributed by atoms with Gasteiger partial charge >= 0.3 is 0 Å². The molecular formula is C29H29FN6O3. The highest BCUT2D eigenvalue weighted by Gasteiger charge is 2.37. The van der Waals surface area contributed by atoms with Crippen LogP contribution in [0.2, 0.25) is 0 Å². The highest BCUT2D eigenvalue weighted by atomic mass is 19.1. The van der Waals surface area contributed by atoms with E-state index in [0.29, 0.717) is 34.9 Å². The summed E-state index contributed by atoms with van der Waals surface area (Å²) >= 11 is 0. The summed E-state index contributed by atoms with van der Waals surface area (Å²) in [7, 11) is 0. The van der Waals surface area contributed by atoms with Crippen molar-refractivity contribution in [3.63, 3.8) is 0 Å². The van der Waals surface area contributed by atoms with Gasteiger partial charge in [-0.2, -0.15) is 0 Å². The number of rotatable bonds is 7. The van der Waals surface area contributed by atoms with Crippen molar-refractivity contribution in [1.29, 1.82) is 0 Å². The lowest BCUT2D eigenvalue weighted by Crippen LogP contribution is -2.39. The minimum atomic E-state index is -0.453. The van der Waals surface area contributed by atoms with Gasteiger partial charge in [-0.05, 0) is 37.5 Å². The van der Waals surface area contributed by atoms with Crippen molar-refractivity contribution in [1.82, 2.24) is 19.9 Å². The van der Waals surface area contributed by atoms with Crippen LogP contribution >= 0.6 is 0 Å². The number of nitrogens with two attached hydrogens (primary N) is 1. The maximum atomic E-state index is 14.3. The summed E-state index contributed by atoms with van der Waals surface area (Å²) in [6, 6.07) is 12.4. The Kier molecular flexibility index (Phi) is 6.93. The lowest BCUT2D eigenvalue weighted by molar-refractivity contribution is 0.0846. The Bertz CT molecular complexity index is 1440. The lowest BCUT2D eigenvalue weighted by Gasteiger charge is -2.32. The second-order valence-corrected chi connectivity index (χ2v) is 9.77. The van der Waals surface area contributed by atoms with E-state index in [1.807, 2.05) is 31.2 Å². The third-order valence-electron chi connectivity index (χ3n) is 7.13. The van der Waals surface area contributed by atoms with E-state index in [0.717, 1.165) is 55.1 Å². The van der Waals surface area contributed by atoms with Crippen molar-refractivity contribution in [3.05, 3.63) is 89.5 Å².